The van der Waals surface area contributed by atoms with Crippen molar-refractivity contribution in [3.05, 3.63) is 0 Å². The van der Waals surface area contributed by atoms with Crippen LogP contribution in [-0.4, -0.2) is 36.6 Å². The van der Waals surface area contributed by atoms with Crippen molar-refractivity contribution in [2.45, 2.75) is 26.2 Å². The molecule has 1 fully saturated rings. The molecule has 1 saturated carbocycles. The fourth-order valence-electron chi connectivity index (χ4n) is 1.79. The average molecular weight is 185 g/mol. The van der Waals surface area contributed by atoms with E-state index in [9.17, 15) is 4.79 Å². The van der Waals surface area contributed by atoms with E-state index in [2.05, 4.69) is 6.92 Å². The molecule has 1 aliphatic carbocycles. The Hall–Kier alpha value is -0.570. The van der Waals surface area contributed by atoms with E-state index in [-0.39, 0.29) is 17.9 Å². The smallest absolute Gasteiger partial charge is 0.222 e. The molecule has 1 rings (SSSR count). The first kappa shape index (κ1) is 10.5. The van der Waals surface area contributed by atoms with Crippen molar-refractivity contribution in [1.82, 2.24) is 4.90 Å². The van der Waals surface area contributed by atoms with E-state index < -0.39 is 0 Å². The van der Waals surface area contributed by atoms with Gasteiger partial charge in [-0.15, -0.1) is 0 Å². The van der Waals surface area contributed by atoms with Crippen LogP contribution < -0.4 is 0 Å². The Morgan fingerprint density at radius 3 is 2.54 bits per heavy atom. The Bertz CT molecular complexity index is 199. The third-order valence-electron chi connectivity index (χ3n) is 3.33. The van der Waals surface area contributed by atoms with Crippen LogP contribution in [0.3, 0.4) is 0 Å². The number of nitrogens with zero attached hydrogens (tertiary/aromatic N) is 1. The van der Waals surface area contributed by atoms with E-state index in [0.717, 1.165) is 12.8 Å². The molecular weight excluding hydrogens is 166 g/mol. The van der Waals surface area contributed by atoms with E-state index in [0.29, 0.717) is 12.3 Å². The molecule has 3 heteroatoms. The summed E-state index contributed by atoms with van der Waals surface area (Å²) in [5, 5.41) is 9.14. The molecular formula is C10H19NO2. The Kier molecular flexibility index (Phi) is 2.96. The summed E-state index contributed by atoms with van der Waals surface area (Å²) in [4.78, 5) is 13.0. The fraction of sp³-hybridized carbons (Fsp3) is 0.900. The van der Waals surface area contributed by atoms with Crippen LogP contribution in [0.1, 0.15) is 26.2 Å². The van der Waals surface area contributed by atoms with E-state index in [4.69, 9.17) is 5.11 Å². The Morgan fingerprint density at radius 2 is 2.23 bits per heavy atom. The molecule has 0 spiro atoms. The topological polar surface area (TPSA) is 40.5 Å². The lowest BCUT2D eigenvalue weighted by molar-refractivity contribution is -0.133. The molecule has 0 aromatic rings. The van der Waals surface area contributed by atoms with Crippen LogP contribution >= 0.6 is 0 Å². The standard InChI is InChI=1S/C10H19NO2/c1-10(7-12)5-4-8(10)6-9(13)11(2)3/h8,12H,4-7H2,1-3H3/t8-,10-/m0/s1. The predicted octanol–water partition coefficient (Wildman–Crippen LogP) is 0.873. The van der Waals surface area contributed by atoms with Gasteiger partial charge < -0.3 is 10.0 Å². The van der Waals surface area contributed by atoms with Crippen molar-refractivity contribution in [1.29, 1.82) is 0 Å². The van der Waals surface area contributed by atoms with Crippen molar-refractivity contribution in [3.63, 3.8) is 0 Å². The Morgan fingerprint density at radius 1 is 1.62 bits per heavy atom. The average Bonchev–Trinajstić information content (AvgIpc) is 2.10. The van der Waals surface area contributed by atoms with Crippen LogP contribution in [0.25, 0.3) is 0 Å². The summed E-state index contributed by atoms with van der Waals surface area (Å²) < 4.78 is 0. The van der Waals surface area contributed by atoms with Gasteiger partial charge in [0.2, 0.25) is 5.91 Å². The molecule has 0 aliphatic heterocycles. The molecule has 0 radical (unpaired) electrons. The molecule has 0 aromatic heterocycles. The zero-order valence-electron chi connectivity index (χ0n) is 8.71. The number of amides is 1. The monoisotopic (exact) mass is 185 g/mol. The number of carbonyl (C=O) groups excluding carboxylic acids is 1. The van der Waals surface area contributed by atoms with Crippen molar-refractivity contribution in [2.24, 2.45) is 11.3 Å². The highest BCUT2D eigenvalue weighted by molar-refractivity contribution is 5.76. The summed E-state index contributed by atoms with van der Waals surface area (Å²) in [7, 11) is 3.55. The van der Waals surface area contributed by atoms with Gasteiger partial charge >= 0.3 is 0 Å². The van der Waals surface area contributed by atoms with Crippen LogP contribution in [0.4, 0.5) is 0 Å². The highest BCUT2D eigenvalue weighted by atomic mass is 16.3. The second-order valence-electron chi connectivity index (χ2n) is 4.54. The van der Waals surface area contributed by atoms with Crippen LogP contribution in [-0.2, 0) is 4.79 Å². The summed E-state index contributed by atoms with van der Waals surface area (Å²) in [6.07, 6.45) is 2.72. The summed E-state index contributed by atoms with van der Waals surface area (Å²) in [5.41, 5.74) is 0.00562. The molecule has 2 atom stereocenters. The molecule has 1 amide bonds. The molecule has 0 aromatic carbocycles. The number of aliphatic hydroxyl groups is 1. The maximum atomic E-state index is 11.4. The largest absolute Gasteiger partial charge is 0.396 e. The molecule has 0 heterocycles. The van der Waals surface area contributed by atoms with Crippen molar-refractivity contribution in [3.8, 4) is 0 Å². The first-order valence-corrected chi connectivity index (χ1v) is 4.80. The van der Waals surface area contributed by atoms with Crippen LogP contribution in [0.2, 0.25) is 0 Å². The van der Waals surface area contributed by atoms with Gasteiger partial charge in [0.15, 0.2) is 0 Å². The van der Waals surface area contributed by atoms with E-state index in [1.807, 2.05) is 0 Å². The second-order valence-corrected chi connectivity index (χ2v) is 4.54. The van der Waals surface area contributed by atoms with Gasteiger partial charge in [0.25, 0.3) is 0 Å². The highest BCUT2D eigenvalue weighted by Gasteiger charge is 2.42. The van der Waals surface area contributed by atoms with Gasteiger partial charge in [0.1, 0.15) is 0 Å². The summed E-state index contributed by atoms with van der Waals surface area (Å²) in [6.45, 7) is 2.27. The number of rotatable bonds is 3. The van der Waals surface area contributed by atoms with Gasteiger partial charge in [0.05, 0.1) is 0 Å². The Labute approximate surface area is 79.7 Å². The molecule has 0 saturated heterocycles. The normalized spacial score (nSPS) is 32.5. The molecule has 0 bridgehead atoms. The minimum Gasteiger partial charge on any atom is -0.396 e. The van der Waals surface area contributed by atoms with E-state index >= 15 is 0 Å². The zero-order valence-corrected chi connectivity index (χ0v) is 8.71. The molecule has 1 N–H and O–H groups in total. The van der Waals surface area contributed by atoms with Crippen molar-refractivity contribution < 1.29 is 9.90 Å². The van der Waals surface area contributed by atoms with Gasteiger partial charge in [-0.2, -0.15) is 0 Å². The predicted molar refractivity (Wildman–Crippen MR) is 51.2 cm³/mol. The number of aliphatic hydroxyl groups excluding tert-OH is 1. The van der Waals surface area contributed by atoms with Crippen molar-refractivity contribution in [2.75, 3.05) is 20.7 Å². The van der Waals surface area contributed by atoms with Crippen LogP contribution in [0.15, 0.2) is 0 Å². The van der Waals surface area contributed by atoms with Crippen LogP contribution in [0, 0.1) is 11.3 Å². The van der Waals surface area contributed by atoms with Gasteiger partial charge in [-0.1, -0.05) is 6.92 Å². The highest BCUT2D eigenvalue weighted by Crippen LogP contribution is 2.47. The maximum Gasteiger partial charge on any atom is 0.222 e. The second kappa shape index (κ2) is 3.66. The molecule has 13 heavy (non-hydrogen) atoms. The first-order valence-electron chi connectivity index (χ1n) is 4.80. The van der Waals surface area contributed by atoms with E-state index in [1.54, 1.807) is 19.0 Å². The molecule has 0 unspecified atom stereocenters. The minimum absolute atomic E-state index is 0.00562. The number of carbonyl (C=O) groups is 1. The maximum absolute atomic E-state index is 11.4. The van der Waals surface area contributed by atoms with Gasteiger partial charge in [-0.25, -0.2) is 0 Å². The van der Waals surface area contributed by atoms with E-state index in [1.165, 1.54) is 0 Å². The summed E-state index contributed by atoms with van der Waals surface area (Å²) in [6, 6.07) is 0. The fourth-order valence-corrected chi connectivity index (χ4v) is 1.79. The quantitative estimate of drug-likeness (QED) is 0.709. The SMILES string of the molecule is CN(C)C(=O)C[C@@H]1CC[C@@]1(C)CO. The third-order valence-corrected chi connectivity index (χ3v) is 3.33. The number of hydrogen-bond acceptors (Lipinski definition) is 2. The lowest BCUT2D eigenvalue weighted by Gasteiger charge is -2.46. The van der Waals surface area contributed by atoms with Gasteiger partial charge in [-0.05, 0) is 24.2 Å². The van der Waals surface area contributed by atoms with Gasteiger partial charge in [-0.3, -0.25) is 4.79 Å². The van der Waals surface area contributed by atoms with Gasteiger partial charge in [0, 0.05) is 27.1 Å². The summed E-state index contributed by atoms with van der Waals surface area (Å²) >= 11 is 0. The lowest BCUT2D eigenvalue weighted by Crippen LogP contribution is -2.43. The number of hydrogen-bond donors (Lipinski definition) is 1. The zero-order chi connectivity index (χ0) is 10.1. The third kappa shape index (κ3) is 2.02. The lowest BCUT2D eigenvalue weighted by atomic mass is 9.60. The minimum atomic E-state index is 0.00562. The first-order chi connectivity index (χ1) is 5.99. The molecule has 1 aliphatic rings. The molecule has 3 nitrogen and oxygen atoms in total. The molecule has 76 valence electrons. The Balaban J connectivity index is 2.43. The van der Waals surface area contributed by atoms with Crippen LogP contribution in [0.5, 0.6) is 0 Å². The summed E-state index contributed by atoms with van der Waals surface area (Å²) in [5.74, 6) is 0.553. The van der Waals surface area contributed by atoms with Crippen molar-refractivity contribution >= 4 is 5.91 Å².